The van der Waals surface area contributed by atoms with Crippen molar-refractivity contribution in [3.8, 4) is 0 Å². The molecule has 0 amide bonds. The lowest BCUT2D eigenvalue weighted by Gasteiger charge is -1.88. The zero-order valence-corrected chi connectivity index (χ0v) is 23.8. The van der Waals surface area contributed by atoms with Crippen LogP contribution in [0, 0.1) is 6.92 Å². The zero-order chi connectivity index (χ0) is 29.0. The van der Waals surface area contributed by atoms with E-state index in [4.69, 9.17) is 0 Å². The van der Waals surface area contributed by atoms with Gasteiger partial charge in [-0.05, 0) is 71.4 Å². The van der Waals surface area contributed by atoms with Gasteiger partial charge in [0.1, 0.15) is 4.60 Å². The van der Waals surface area contributed by atoms with Gasteiger partial charge >= 0.3 is 0 Å². The molecular formula is C29H33BrN4O4. The highest BCUT2D eigenvalue weighted by Crippen LogP contribution is 2.03. The number of hydrogen-bond donors (Lipinski definition) is 0. The van der Waals surface area contributed by atoms with Crippen LogP contribution in [0.4, 0.5) is 0 Å². The first-order valence-corrected chi connectivity index (χ1v) is 12.5. The third kappa shape index (κ3) is 19.0. The van der Waals surface area contributed by atoms with E-state index in [9.17, 15) is 19.2 Å². The van der Waals surface area contributed by atoms with Crippen molar-refractivity contribution < 1.29 is 19.2 Å². The van der Waals surface area contributed by atoms with E-state index >= 15 is 0 Å². The Morgan fingerprint density at radius 3 is 1.21 bits per heavy atom. The molecule has 0 aliphatic rings. The third-order valence-electron chi connectivity index (χ3n) is 3.60. The van der Waals surface area contributed by atoms with Crippen LogP contribution in [0.5, 0.6) is 0 Å². The first kappa shape index (κ1) is 35.9. The molecule has 4 aromatic rings. The maximum atomic E-state index is 10.1. The molecule has 200 valence electrons. The highest BCUT2D eigenvalue weighted by molar-refractivity contribution is 9.10. The summed E-state index contributed by atoms with van der Waals surface area (Å²) in [5.74, 6) is 0. The average Bonchev–Trinajstić information content (AvgIpc) is 3.02. The SMILES string of the molecule is CC.CC.Cc1ccc(C=O)cn1.O=Cc1ccc(Br)nc1.O=Cc1cccnc1.O=Cc1cccnc1. The average molecular weight is 582 g/mol. The van der Waals surface area contributed by atoms with E-state index < -0.39 is 0 Å². The Morgan fingerprint density at radius 2 is 0.947 bits per heavy atom. The Morgan fingerprint density at radius 1 is 0.553 bits per heavy atom. The number of carbonyl (C=O) groups is 4. The van der Waals surface area contributed by atoms with Gasteiger partial charge in [0, 0.05) is 65.1 Å². The normalized spacial score (nSPS) is 8.16. The minimum atomic E-state index is 0.596. The monoisotopic (exact) mass is 580 g/mol. The van der Waals surface area contributed by atoms with E-state index in [0.29, 0.717) is 22.3 Å². The van der Waals surface area contributed by atoms with Crippen molar-refractivity contribution in [1.29, 1.82) is 0 Å². The molecule has 0 bridgehead atoms. The predicted octanol–water partition coefficient (Wildman–Crippen LogP) is 6.70. The van der Waals surface area contributed by atoms with Gasteiger partial charge in [0.05, 0.1) is 0 Å². The number of aryl methyl sites for hydroxylation is 1. The second-order valence-electron chi connectivity index (χ2n) is 6.19. The maximum Gasteiger partial charge on any atom is 0.151 e. The molecular weight excluding hydrogens is 548 g/mol. The number of pyridine rings is 4. The van der Waals surface area contributed by atoms with Crippen LogP contribution < -0.4 is 0 Å². The van der Waals surface area contributed by atoms with Gasteiger partial charge in [-0.2, -0.15) is 0 Å². The van der Waals surface area contributed by atoms with Gasteiger partial charge in [-0.15, -0.1) is 0 Å². The Labute approximate surface area is 232 Å². The number of rotatable bonds is 4. The van der Waals surface area contributed by atoms with E-state index in [0.717, 1.165) is 35.4 Å². The third-order valence-corrected chi connectivity index (χ3v) is 4.07. The largest absolute Gasteiger partial charge is 0.298 e. The quantitative estimate of drug-likeness (QED) is 0.193. The molecule has 0 radical (unpaired) electrons. The summed E-state index contributed by atoms with van der Waals surface area (Å²) in [4.78, 5) is 55.3. The van der Waals surface area contributed by atoms with Crippen LogP contribution in [-0.2, 0) is 0 Å². The molecule has 9 heteroatoms. The minimum Gasteiger partial charge on any atom is -0.298 e. The highest BCUT2D eigenvalue weighted by Gasteiger charge is 1.88. The van der Waals surface area contributed by atoms with Crippen molar-refractivity contribution in [3.63, 3.8) is 0 Å². The summed E-state index contributed by atoms with van der Waals surface area (Å²) in [5, 5.41) is 0. The summed E-state index contributed by atoms with van der Waals surface area (Å²) < 4.78 is 0.744. The lowest BCUT2D eigenvalue weighted by Crippen LogP contribution is -1.82. The lowest BCUT2D eigenvalue weighted by molar-refractivity contribution is 0.111. The molecule has 4 rings (SSSR count). The van der Waals surface area contributed by atoms with E-state index in [1.807, 2.05) is 40.7 Å². The number of nitrogens with zero attached hydrogens (tertiary/aromatic N) is 4. The van der Waals surface area contributed by atoms with E-state index in [-0.39, 0.29) is 0 Å². The Kier molecular flexibility index (Phi) is 24.4. The van der Waals surface area contributed by atoms with Crippen molar-refractivity contribution in [3.05, 3.63) is 118 Å². The van der Waals surface area contributed by atoms with Gasteiger partial charge in [0.25, 0.3) is 0 Å². The smallest absolute Gasteiger partial charge is 0.151 e. The van der Waals surface area contributed by atoms with Crippen molar-refractivity contribution in [1.82, 2.24) is 19.9 Å². The minimum absolute atomic E-state index is 0.596. The number of hydrogen-bond acceptors (Lipinski definition) is 8. The van der Waals surface area contributed by atoms with Crippen molar-refractivity contribution in [2.24, 2.45) is 0 Å². The molecule has 0 aromatic carbocycles. The van der Waals surface area contributed by atoms with Crippen LogP contribution in [0.3, 0.4) is 0 Å². The fourth-order valence-electron chi connectivity index (χ4n) is 1.90. The van der Waals surface area contributed by atoms with Crippen LogP contribution in [0.2, 0.25) is 0 Å². The second-order valence-corrected chi connectivity index (χ2v) is 7.00. The molecule has 0 atom stereocenters. The van der Waals surface area contributed by atoms with Gasteiger partial charge in [0.15, 0.2) is 25.1 Å². The molecule has 38 heavy (non-hydrogen) atoms. The number of aromatic nitrogens is 4. The van der Waals surface area contributed by atoms with E-state index in [1.54, 1.807) is 61.1 Å². The molecule has 0 N–H and O–H groups in total. The van der Waals surface area contributed by atoms with Crippen LogP contribution in [0.25, 0.3) is 0 Å². The summed E-state index contributed by atoms with van der Waals surface area (Å²) in [6, 6.07) is 13.8. The molecule has 0 saturated heterocycles. The molecule has 0 saturated carbocycles. The summed E-state index contributed by atoms with van der Waals surface area (Å²) >= 11 is 3.15. The fraction of sp³-hybridized carbons (Fsp3) is 0.172. The van der Waals surface area contributed by atoms with Crippen LogP contribution >= 0.6 is 15.9 Å². The number of halogens is 1. The van der Waals surface area contributed by atoms with Gasteiger partial charge in [-0.25, -0.2) is 4.98 Å². The van der Waals surface area contributed by atoms with Crippen LogP contribution in [0.15, 0.2) is 90.3 Å². The topological polar surface area (TPSA) is 120 Å². The Bertz CT molecular complexity index is 1030. The Balaban J connectivity index is 0. The lowest BCUT2D eigenvalue weighted by atomic mass is 10.3. The molecule has 0 aliphatic carbocycles. The maximum absolute atomic E-state index is 10.1. The summed E-state index contributed by atoms with van der Waals surface area (Å²) in [6.07, 6.45) is 12.5. The van der Waals surface area contributed by atoms with Crippen molar-refractivity contribution in [2.45, 2.75) is 34.6 Å². The highest BCUT2D eigenvalue weighted by atomic mass is 79.9. The first-order valence-electron chi connectivity index (χ1n) is 11.7. The predicted molar refractivity (Wildman–Crippen MR) is 154 cm³/mol. The molecule has 0 spiro atoms. The molecule has 4 aromatic heterocycles. The molecule has 0 fully saturated rings. The summed E-state index contributed by atoms with van der Waals surface area (Å²) in [6.45, 7) is 9.88. The number of carbonyl (C=O) groups excluding carboxylic acids is 4. The molecule has 4 heterocycles. The first-order chi connectivity index (χ1) is 18.5. The van der Waals surface area contributed by atoms with Gasteiger partial charge in [0.2, 0.25) is 0 Å². The molecule has 0 unspecified atom stereocenters. The van der Waals surface area contributed by atoms with Gasteiger partial charge in [-0.1, -0.05) is 27.7 Å². The second kappa shape index (κ2) is 25.8. The van der Waals surface area contributed by atoms with Gasteiger partial charge in [-0.3, -0.25) is 34.1 Å². The fourth-order valence-corrected chi connectivity index (χ4v) is 2.13. The van der Waals surface area contributed by atoms with Crippen molar-refractivity contribution in [2.75, 3.05) is 0 Å². The molecule has 8 nitrogen and oxygen atoms in total. The van der Waals surface area contributed by atoms with E-state index in [2.05, 4.69) is 35.9 Å². The van der Waals surface area contributed by atoms with Crippen LogP contribution in [-0.4, -0.2) is 45.1 Å². The van der Waals surface area contributed by atoms with Crippen molar-refractivity contribution >= 4 is 41.1 Å². The Hall–Kier alpha value is -4.24. The van der Waals surface area contributed by atoms with Crippen LogP contribution in [0.1, 0.15) is 74.8 Å². The van der Waals surface area contributed by atoms with Gasteiger partial charge < -0.3 is 0 Å². The summed E-state index contributed by atoms with van der Waals surface area (Å²) in [7, 11) is 0. The zero-order valence-electron chi connectivity index (χ0n) is 22.2. The van der Waals surface area contributed by atoms with E-state index in [1.165, 1.54) is 18.6 Å². The standard InChI is InChI=1S/C7H7NO.C6H4BrNO.2C6H5NO.2C2H6/c1-6-2-3-7(5-9)4-8-6;7-6-2-1-5(4-9)3-8-6;2*8-5-6-2-1-3-7-4-6;2*1-2/h2-5H,1H3;1-4H;2*1-5H;2*1-2H3. The number of aldehydes is 4. The summed E-state index contributed by atoms with van der Waals surface area (Å²) in [5.41, 5.74) is 3.39. The molecule has 0 aliphatic heterocycles.